The Morgan fingerprint density at radius 3 is 2.85 bits per heavy atom. The molecule has 2 rings (SSSR count). The van der Waals surface area contributed by atoms with E-state index in [0.717, 1.165) is 18.0 Å². The summed E-state index contributed by atoms with van der Waals surface area (Å²) in [6.45, 7) is 1.63. The number of thioether (sulfide) groups is 1. The van der Waals surface area contributed by atoms with Gasteiger partial charge in [-0.1, -0.05) is 46.3 Å². The maximum Gasteiger partial charge on any atom is 0.286 e. The Bertz CT molecular complexity index is 516. The van der Waals surface area contributed by atoms with Gasteiger partial charge < -0.3 is 9.80 Å². The van der Waals surface area contributed by atoms with Gasteiger partial charge in [-0.3, -0.25) is 4.79 Å². The standard InChI is InChI=1S/C15H17BrN2OS/c1-17(12-16)15(19)20-14-8-5-9-18(11-14)10-13-6-3-2-4-7-13/h2-9H,10-12H2,1H3. The van der Waals surface area contributed by atoms with Gasteiger partial charge in [-0.15, -0.1) is 0 Å². The molecular formula is C15H17BrN2OS. The van der Waals surface area contributed by atoms with E-state index < -0.39 is 0 Å². The minimum atomic E-state index is 0.0584. The summed E-state index contributed by atoms with van der Waals surface area (Å²) >= 11 is 4.58. The lowest BCUT2D eigenvalue weighted by molar-refractivity contribution is 0.240. The highest BCUT2D eigenvalue weighted by atomic mass is 79.9. The van der Waals surface area contributed by atoms with Gasteiger partial charge in [0.25, 0.3) is 5.24 Å². The maximum atomic E-state index is 11.9. The summed E-state index contributed by atoms with van der Waals surface area (Å²) in [6, 6.07) is 10.3. The molecule has 1 aromatic carbocycles. The molecule has 0 fully saturated rings. The van der Waals surface area contributed by atoms with Crippen LogP contribution >= 0.6 is 27.7 Å². The molecule has 1 heterocycles. The second-order valence-electron chi connectivity index (χ2n) is 4.55. The molecule has 1 aliphatic rings. The number of benzene rings is 1. The summed E-state index contributed by atoms with van der Waals surface area (Å²) in [7, 11) is 1.78. The van der Waals surface area contributed by atoms with E-state index in [1.54, 1.807) is 11.9 Å². The highest BCUT2D eigenvalue weighted by Gasteiger charge is 2.15. The van der Waals surface area contributed by atoms with Gasteiger partial charge in [-0.25, -0.2) is 0 Å². The lowest BCUT2D eigenvalue weighted by Gasteiger charge is -2.25. The summed E-state index contributed by atoms with van der Waals surface area (Å²) in [4.78, 5) is 16.8. The van der Waals surface area contributed by atoms with Gasteiger partial charge in [-0.2, -0.15) is 0 Å². The van der Waals surface area contributed by atoms with Gasteiger partial charge >= 0.3 is 0 Å². The van der Waals surface area contributed by atoms with E-state index in [1.165, 1.54) is 17.3 Å². The number of rotatable bonds is 4. The topological polar surface area (TPSA) is 23.6 Å². The molecule has 106 valence electrons. The molecule has 1 aromatic rings. The van der Waals surface area contributed by atoms with Crippen LogP contribution in [0.5, 0.6) is 0 Å². The van der Waals surface area contributed by atoms with Crippen molar-refractivity contribution in [2.45, 2.75) is 6.54 Å². The average Bonchev–Trinajstić information content (AvgIpc) is 2.47. The molecule has 20 heavy (non-hydrogen) atoms. The molecule has 5 heteroatoms. The molecule has 0 radical (unpaired) electrons. The number of halogens is 1. The van der Waals surface area contributed by atoms with Gasteiger partial charge in [-0.05, 0) is 35.7 Å². The molecule has 0 spiro atoms. The third-order valence-electron chi connectivity index (χ3n) is 2.88. The molecule has 1 amide bonds. The number of carbonyl (C=O) groups is 1. The molecule has 3 nitrogen and oxygen atoms in total. The number of amides is 1. The van der Waals surface area contributed by atoms with Crippen molar-refractivity contribution in [1.29, 1.82) is 0 Å². The maximum absolute atomic E-state index is 11.9. The largest absolute Gasteiger partial charge is 0.368 e. The SMILES string of the molecule is CN(CBr)C(=O)SC1=CC=CN(Cc2ccccc2)C1. The lowest BCUT2D eigenvalue weighted by Crippen LogP contribution is -2.24. The first-order valence-electron chi connectivity index (χ1n) is 6.33. The number of carbonyl (C=O) groups excluding carboxylic acids is 1. The number of hydrogen-bond donors (Lipinski definition) is 0. The molecule has 0 aliphatic carbocycles. The van der Waals surface area contributed by atoms with Gasteiger partial charge in [0, 0.05) is 25.0 Å². The molecule has 0 saturated heterocycles. The highest BCUT2D eigenvalue weighted by molar-refractivity contribution is 9.09. The van der Waals surface area contributed by atoms with Crippen molar-refractivity contribution >= 4 is 32.9 Å². The quantitative estimate of drug-likeness (QED) is 0.603. The lowest BCUT2D eigenvalue weighted by atomic mass is 10.2. The van der Waals surface area contributed by atoms with E-state index >= 15 is 0 Å². The van der Waals surface area contributed by atoms with Crippen LogP contribution in [0.2, 0.25) is 0 Å². The first-order valence-corrected chi connectivity index (χ1v) is 8.27. The van der Waals surface area contributed by atoms with Gasteiger partial charge in [0.2, 0.25) is 0 Å². The van der Waals surface area contributed by atoms with Crippen molar-refractivity contribution in [3.8, 4) is 0 Å². The zero-order valence-electron chi connectivity index (χ0n) is 11.3. The smallest absolute Gasteiger partial charge is 0.286 e. The number of nitrogens with zero attached hydrogens (tertiary/aromatic N) is 2. The van der Waals surface area contributed by atoms with Crippen LogP contribution < -0.4 is 0 Å². The van der Waals surface area contributed by atoms with Crippen LogP contribution in [0, 0.1) is 0 Å². The Labute approximate surface area is 132 Å². The van der Waals surface area contributed by atoms with Gasteiger partial charge in [0.15, 0.2) is 0 Å². The fraction of sp³-hybridized carbons (Fsp3) is 0.267. The molecule has 1 aliphatic heterocycles. The zero-order valence-corrected chi connectivity index (χ0v) is 13.7. The van der Waals surface area contributed by atoms with E-state index in [2.05, 4.69) is 39.2 Å². The fourth-order valence-corrected chi connectivity index (χ4v) is 3.02. The van der Waals surface area contributed by atoms with E-state index in [-0.39, 0.29) is 5.24 Å². The third-order valence-corrected chi connectivity index (χ3v) is 4.64. The average molecular weight is 353 g/mol. The van der Waals surface area contributed by atoms with Crippen LogP contribution in [0.4, 0.5) is 4.79 Å². The molecule has 0 N–H and O–H groups in total. The van der Waals surface area contributed by atoms with Crippen molar-refractivity contribution in [2.24, 2.45) is 0 Å². The summed E-state index contributed by atoms with van der Waals surface area (Å²) < 4.78 is 0. The minimum absolute atomic E-state index is 0.0584. The van der Waals surface area contributed by atoms with Gasteiger partial charge in [0.1, 0.15) is 0 Å². The molecular weight excluding hydrogens is 336 g/mol. The van der Waals surface area contributed by atoms with Crippen LogP contribution in [0.3, 0.4) is 0 Å². The van der Waals surface area contributed by atoms with E-state index in [1.807, 2.05) is 30.4 Å². The summed E-state index contributed by atoms with van der Waals surface area (Å²) in [5, 5.41) is 0.0584. The molecule has 0 atom stereocenters. The summed E-state index contributed by atoms with van der Waals surface area (Å²) in [5.74, 6) is 0. The summed E-state index contributed by atoms with van der Waals surface area (Å²) in [6.07, 6.45) is 6.07. The Morgan fingerprint density at radius 1 is 1.40 bits per heavy atom. The molecule has 0 aromatic heterocycles. The molecule has 0 saturated carbocycles. The number of hydrogen-bond acceptors (Lipinski definition) is 3. The van der Waals surface area contributed by atoms with Crippen LogP contribution in [-0.2, 0) is 6.54 Å². The van der Waals surface area contributed by atoms with Crippen LogP contribution in [-0.4, -0.2) is 34.1 Å². The van der Waals surface area contributed by atoms with E-state index in [9.17, 15) is 4.79 Å². The van der Waals surface area contributed by atoms with Crippen LogP contribution in [0.15, 0.2) is 53.6 Å². The first-order chi connectivity index (χ1) is 9.69. The zero-order chi connectivity index (χ0) is 14.4. The Morgan fingerprint density at radius 2 is 2.15 bits per heavy atom. The second kappa shape index (κ2) is 7.55. The van der Waals surface area contributed by atoms with Crippen molar-refractivity contribution in [2.75, 3.05) is 19.0 Å². The van der Waals surface area contributed by atoms with Crippen molar-refractivity contribution < 1.29 is 4.79 Å². The van der Waals surface area contributed by atoms with Gasteiger partial charge in [0.05, 0.1) is 5.45 Å². The Balaban J connectivity index is 1.91. The van der Waals surface area contributed by atoms with Crippen molar-refractivity contribution in [3.63, 3.8) is 0 Å². The van der Waals surface area contributed by atoms with Crippen LogP contribution in [0.1, 0.15) is 5.56 Å². The number of alkyl halides is 1. The van der Waals surface area contributed by atoms with Crippen molar-refractivity contribution in [3.05, 3.63) is 59.2 Å². The normalized spacial score (nSPS) is 14.1. The predicted octanol–water partition coefficient (Wildman–Crippen LogP) is 4.04. The molecule has 0 unspecified atom stereocenters. The highest BCUT2D eigenvalue weighted by Crippen LogP contribution is 2.24. The van der Waals surface area contributed by atoms with Crippen LogP contribution in [0.25, 0.3) is 0 Å². The minimum Gasteiger partial charge on any atom is -0.368 e. The first kappa shape index (κ1) is 15.2. The summed E-state index contributed by atoms with van der Waals surface area (Å²) in [5.41, 5.74) is 1.82. The van der Waals surface area contributed by atoms with Crippen molar-refractivity contribution in [1.82, 2.24) is 9.80 Å². The van der Waals surface area contributed by atoms with E-state index in [4.69, 9.17) is 0 Å². The third kappa shape index (κ3) is 4.42. The number of allylic oxidation sites excluding steroid dienone is 2. The predicted molar refractivity (Wildman–Crippen MR) is 88.6 cm³/mol. The Hall–Kier alpha value is -1.20. The second-order valence-corrected chi connectivity index (χ2v) is 6.13. The monoisotopic (exact) mass is 352 g/mol. The fourth-order valence-electron chi connectivity index (χ4n) is 1.81. The molecule has 0 bridgehead atoms. The van der Waals surface area contributed by atoms with E-state index in [0.29, 0.717) is 5.45 Å². The Kier molecular flexibility index (Phi) is 5.73.